The molecule has 5 rings (SSSR count). The number of nitrogens with zero attached hydrogens (tertiary/aromatic N) is 1. The van der Waals surface area contributed by atoms with Crippen LogP contribution in [0, 0.1) is 0 Å². The van der Waals surface area contributed by atoms with Crippen LogP contribution in [0.4, 0.5) is 0 Å². The van der Waals surface area contributed by atoms with E-state index in [1.807, 2.05) is 78.9 Å². The van der Waals surface area contributed by atoms with Gasteiger partial charge in [0.25, 0.3) is 5.56 Å². The third-order valence-corrected chi connectivity index (χ3v) is 7.48. The third-order valence-electron chi connectivity index (χ3n) is 7.48. The summed E-state index contributed by atoms with van der Waals surface area (Å²) in [5.41, 5.74) is 0.0805. The van der Waals surface area contributed by atoms with Crippen molar-refractivity contribution in [2.75, 3.05) is 27.4 Å². The molecular formula is C33H34N2O8. The first-order valence-corrected chi connectivity index (χ1v) is 13.8. The minimum absolute atomic E-state index is 0.0866. The summed E-state index contributed by atoms with van der Waals surface area (Å²) in [5, 5.41) is 11.4. The monoisotopic (exact) mass is 586 g/mol. The van der Waals surface area contributed by atoms with Crippen molar-refractivity contribution in [2.45, 2.75) is 30.1 Å². The number of aromatic amines is 1. The fourth-order valence-corrected chi connectivity index (χ4v) is 5.35. The quantitative estimate of drug-likeness (QED) is 0.192. The van der Waals surface area contributed by atoms with Gasteiger partial charge in [-0.05, 0) is 41.0 Å². The highest BCUT2D eigenvalue weighted by molar-refractivity contribution is 5.49. The molecule has 1 saturated heterocycles. The number of aromatic nitrogens is 2. The lowest BCUT2D eigenvalue weighted by molar-refractivity contribution is -0.0974. The maximum atomic E-state index is 12.7. The number of hydrogen-bond acceptors (Lipinski definition) is 8. The maximum absolute atomic E-state index is 12.7. The summed E-state index contributed by atoms with van der Waals surface area (Å²) < 4.78 is 31.0. The first kappa shape index (κ1) is 30.0. The SMILES string of the molecule is C=CCO[C@@H]1[C@H](O)[C@@H](COC(c2ccccc2)(c2ccc(OC)cc2)c2ccc(OC)cc2)O[C@H]1n1ccc(=O)[nH]c1=O. The Morgan fingerprint density at radius 3 is 2.02 bits per heavy atom. The Kier molecular flexibility index (Phi) is 9.22. The van der Waals surface area contributed by atoms with Crippen molar-refractivity contribution in [3.05, 3.63) is 141 Å². The van der Waals surface area contributed by atoms with Crippen LogP contribution in [-0.4, -0.2) is 60.4 Å². The first-order valence-electron chi connectivity index (χ1n) is 13.8. The molecule has 1 aromatic heterocycles. The zero-order valence-corrected chi connectivity index (χ0v) is 23.9. The van der Waals surface area contributed by atoms with Gasteiger partial charge in [0, 0.05) is 12.3 Å². The van der Waals surface area contributed by atoms with Gasteiger partial charge in [-0.2, -0.15) is 0 Å². The number of ether oxygens (including phenoxy) is 5. The van der Waals surface area contributed by atoms with Crippen molar-refractivity contribution in [1.29, 1.82) is 0 Å². The van der Waals surface area contributed by atoms with Crippen LogP contribution in [0.5, 0.6) is 11.5 Å². The van der Waals surface area contributed by atoms with E-state index in [0.29, 0.717) is 11.5 Å². The summed E-state index contributed by atoms with van der Waals surface area (Å²) in [4.78, 5) is 26.6. The molecule has 1 aliphatic rings. The molecule has 0 bridgehead atoms. The number of nitrogens with one attached hydrogen (secondary N) is 1. The molecule has 3 aromatic carbocycles. The highest BCUT2D eigenvalue weighted by Crippen LogP contribution is 2.43. The predicted molar refractivity (Wildman–Crippen MR) is 159 cm³/mol. The average molecular weight is 587 g/mol. The molecule has 1 aliphatic heterocycles. The number of methoxy groups -OCH3 is 2. The fourth-order valence-electron chi connectivity index (χ4n) is 5.35. The van der Waals surface area contributed by atoms with E-state index in [0.717, 1.165) is 16.7 Å². The summed E-state index contributed by atoms with van der Waals surface area (Å²) in [7, 11) is 3.21. The van der Waals surface area contributed by atoms with E-state index in [-0.39, 0.29) is 13.2 Å². The van der Waals surface area contributed by atoms with Gasteiger partial charge in [-0.25, -0.2) is 4.79 Å². The highest BCUT2D eigenvalue weighted by Gasteiger charge is 2.48. The fraction of sp³-hybridized carbons (Fsp3) is 0.273. The van der Waals surface area contributed by atoms with E-state index >= 15 is 0 Å². The minimum Gasteiger partial charge on any atom is -0.497 e. The molecule has 0 amide bonds. The Hall–Kier alpha value is -4.48. The van der Waals surface area contributed by atoms with E-state index in [2.05, 4.69) is 11.6 Å². The van der Waals surface area contributed by atoms with E-state index in [9.17, 15) is 14.7 Å². The molecular weight excluding hydrogens is 552 g/mol. The van der Waals surface area contributed by atoms with E-state index in [1.165, 1.54) is 22.9 Å². The smallest absolute Gasteiger partial charge is 0.330 e. The van der Waals surface area contributed by atoms with Crippen LogP contribution < -0.4 is 20.7 Å². The standard InChI is InChI=1S/C33H34N2O8/c1-4-20-41-30-29(37)27(43-31(30)35-19-18-28(36)34-32(35)38)21-42-33(22-8-6-5-7-9-22,23-10-14-25(39-2)15-11-23)24-12-16-26(40-3)17-13-24/h4-19,27,29-31,37H,1,20-21H2,2-3H3,(H,34,36,38)/t27-,29-,30-,31-/m1/s1. The topological polar surface area (TPSA) is 121 Å². The molecule has 10 nitrogen and oxygen atoms in total. The van der Waals surface area contributed by atoms with Crippen LogP contribution in [0.1, 0.15) is 22.9 Å². The Labute approximate surface area is 248 Å². The van der Waals surface area contributed by atoms with Crippen LogP contribution in [-0.2, 0) is 19.8 Å². The summed E-state index contributed by atoms with van der Waals surface area (Å²) in [6.07, 6.45) is -1.20. The molecule has 0 unspecified atom stereocenters. The maximum Gasteiger partial charge on any atom is 0.330 e. The van der Waals surface area contributed by atoms with E-state index in [1.54, 1.807) is 14.2 Å². The van der Waals surface area contributed by atoms with Crippen molar-refractivity contribution >= 4 is 0 Å². The molecule has 4 aromatic rings. The summed E-state index contributed by atoms with van der Waals surface area (Å²) >= 11 is 0. The van der Waals surface area contributed by atoms with Crippen LogP contribution in [0.2, 0.25) is 0 Å². The summed E-state index contributed by atoms with van der Waals surface area (Å²) in [6.45, 7) is 3.70. The van der Waals surface area contributed by atoms with E-state index < -0.39 is 41.4 Å². The molecule has 0 saturated carbocycles. The van der Waals surface area contributed by atoms with Gasteiger partial charge in [0.2, 0.25) is 0 Å². The van der Waals surface area contributed by atoms with Crippen LogP contribution in [0.3, 0.4) is 0 Å². The first-order chi connectivity index (χ1) is 20.9. The minimum atomic E-state index is -1.18. The van der Waals surface area contributed by atoms with Crippen molar-refractivity contribution < 1.29 is 28.8 Å². The van der Waals surface area contributed by atoms with Gasteiger partial charge in [0.1, 0.15) is 35.4 Å². The molecule has 1 fully saturated rings. The third kappa shape index (κ3) is 6.04. The lowest BCUT2D eigenvalue weighted by atomic mass is 9.80. The normalized spacial score (nSPS) is 20.1. The molecule has 224 valence electrons. The molecule has 43 heavy (non-hydrogen) atoms. The Morgan fingerprint density at radius 2 is 1.49 bits per heavy atom. The summed E-state index contributed by atoms with van der Waals surface area (Å²) in [6, 6.07) is 26.1. The van der Waals surface area contributed by atoms with Gasteiger partial charge in [0.15, 0.2) is 6.23 Å². The second kappa shape index (κ2) is 13.2. The van der Waals surface area contributed by atoms with Crippen molar-refractivity contribution in [3.8, 4) is 11.5 Å². The van der Waals surface area contributed by atoms with Crippen molar-refractivity contribution in [2.24, 2.45) is 0 Å². The second-order valence-corrected chi connectivity index (χ2v) is 9.97. The number of aliphatic hydroxyl groups is 1. The molecule has 0 radical (unpaired) electrons. The Bertz CT molecular complexity index is 1570. The van der Waals surface area contributed by atoms with Gasteiger partial charge in [-0.1, -0.05) is 60.7 Å². The molecule has 0 spiro atoms. The van der Waals surface area contributed by atoms with Crippen molar-refractivity contribution in [3.63, 3.8) is 0 Å². The second-order valence-electron chi connectivity index (χ2n) is 9.97. The molecule has 2 heterocycles. The van der Waals surface area contributed by atoms with Crippen molar-refractivity contribution in [1.82, 2.24) is 9.55 Å². The lowest BCUT2D eigenvalue weighted by Crippen LogP contribution is -2.41. The van der Waals surface area contributed by atoms with Gasteiger partial charge >= 0.3 is 5.69 Å². The van der Waals surface area contributed by atoms with Gasteiger partial charge < -0.3 is 28.8 Å². The molecule has 4 atom stereocenters. The lowest BCUT2D eigenvalue weighted by Gasteiger charge is -2.37. The largest absolute Gasteiger partial charge is 0.497 e. The zero-order valence-electron chi connectivity index (χ0n) is 23.9. The van der Waals surface area contributed by atoms with Crippen LogP contribution >= 0.6 is 0 Å². The van der Waals surface area contributed by atoms with Gasteiger partial charge in [-0.3, -0.25) is 14.3 Å². The number of rotatable bonds is 12. The number of hydrogen-bond donors (Lipinski definition) is 2. The average Bonchev–Trinajstić information content (AvgIpc) is 3.35. The summed E-state index contributed by atoms with van der Waals surface area (Å²) in [5.74, 6) is 1.37. The molecule has 0 aliphatic carbocycles. The van der Waals surface area contributed by atoms with Crippen LogP contribution in [0.15, 0.2) is 113 Å². The molecule has 2 N–H and O–H groups in total. The molecule has 10 heteroatoms. The van der Waals surface area contributed by atoms with Crippen LogP contribution in [0.25, 0.3) is 0 Å². The number of H-pyrrole nitrogens is 1. The zero-order chi connectivity index (χ0) is 30.4. The Morgan fingerprint density at radius 1 is 0.907 bits per heavy atom. The van der Waals surface area contributed by atoms with Gasteiger partial charge in [-0.15, -0.1) is 6.58 Å². The number of aliphatic hydroxyl groups excluding tert-OH is 1. The Balaban J connectivity index is 1.57. The van der Waals surface area contributed by atoms with Gasteiger partial charge in [0.05, 0.1) is 27.4 Å². The van der Waals surface area contributed by atoms with E-state index in [4.69, 9.17) is 23.7 Å². The number of benzene rings is 3. The highest BCUT2D eigenvalue weighted by atomic mass is 16.6. The predicted octanol–water partition coefficient (Wildman–Crippen LogP) is 3.39.